The fraction of sp³-hybridized carbons (Fsp3) is 0. The zero-order valence-corrected chi connectivity index (χ0v) is 13.1. The van der Waals surface area contributed by atoms with E-state index in [9.17, 15) is 5.11 Å². The monoisotopic (exact) mass is 302 g/mol. The molecule has 1 heterocycles. The summed E-state index contributed by atoms with van der Waals surface area (Å²) < 4.78 is 5.55. The van der Waals surface area contributed by atoms with Crippen molar-refractivity contribution in [2.75, 3.05) is 0 Å². The van der Waals surface area contributed by atoms with E-state index in [0.717, 1.165) is 5.56 Å². The molecule has 19 heavy (non-hydrogen) atoms. The van der Waals surface area contributed by atoms with Gasteiger partial charge in [-0.3, -0.25) is 0 Å². The molecule has 0 saturated carbocycles. The maximum atomic E-state index is 9.72. The number of nitrogens with zero attached hydrogens (tertiary/aromatic N) is 2. The Morgan fingerprint density at radius 3 is 2.16 bits per heavy atom. The van der Waals surface area contributed by atoms with Crippen molar-refractivity contribution in [1.82, 2.24) is 10.2 Å². The van der Waals surface area contributed by atoms with E-state index in [0.29, 0.717) is 17.3 Å². The Hall–Kier alpha value is -2.00. The van der Waals surface area contributed by atoms with Crippen molar-refractivity contribution in [1.29, 1.82) is 0 Å². The van der Waals surface area contributed by atoms with Gasteiger partial charge in [0.05, 0.1) is 5.56 Å². The second-order valence-corrected chi connectivity index (χ2v) is 3.80. The number of rotatable bonds is 2. The molecule has 0 bridgehead atoms. The molecule has 1 N–H and O–H groups in total. The van der Waals surface area contributed by atoms with Gasteiger partial charge in [0.25, 0.3) is 5.89 Å². The predicted molar refractivity (Wildman–Crippen MR) is 66.8 cm³/mol. The molecule has 3 rings (SSSR count). The smallest absolute Gasteiger partial charge is 0.251 e. The van der Waals surface area contributed by atoms with Gasteiger partial charge in [-0.05, 0) is 24.3 Å². The predicted octanol–water partition coefficient (Wildman–Crippen LogP) is 3.11. The molecule has 0 aliphatic rings. The molecular formula is C14H10N2O2Zn. The molecule has 0 amide bonds. The summed E-state index contributed by atoms with van der Waals surface area (Å²) in [5, 5.41) is 17.6. The van der Waals surface area contributed by atoms with E-state index in [1.54, 1.807) is 24.3 Å². The summed E-state index contributed by atoms with van der Waals surface area (Å²) in [7, 11) is 0. The number of benzene rings is 2. The zero-order valence-electron chi connectivity index (χ0n) is 10.2. The quantitative estimate of drug-likeness (QED) is 0.739. The summed E-state index contributed by atoms with van der Waals surface area (Å²) in [5.74, 6) is 0.876. The van der Waals surface area contributed by atoms with Crippen LogP contribution >= 0.6 is 0 Å². The van der Waals surface area contributed by atoms with Crippen LogP contribution in [0.3, 0.4) is 0 Å². The summed E-state index contributed by atoms with van der Waals surface area (Å²) in [6, 6.07) is 16.4. The number of aromatic nitrogens is 2. The molecule has 0 aliphatic carbocycles. The van der Waals surface area contributed by atoms with Gasteiger partial charge >= 0.3 is 0 Å². The van der Waals surface area contributed by atoms with Gasteiger partial charge in [0.1, 0.15) is 5.75 Å². The van der Waals surface area contributed by atoms with E-state index in [1.807, 2.05) is 30.3 Å². The van der Waals surface area contributed by atoms with Crippen molar-refractivity contribution in [3.63, 3.8) is 0 Å². The van der Waals surface area contributed by atoms with Crippen LogP contribution in [-0.2, 0) is 19.5 Å². The number of phenols is 1. The topological polar surface area (TPSA) is 59.2 Å². The molecule has 5 heteroatoms. The Bertz CT molecular complexity index is 668. The maximum absolute atomic E-state index is 9.72. The van der Waals surface area contributed by atoms with Crippen molar-refractivity contribution >= 4 is 0 Å². The number of phenolic OH excluding ortho intramolecular Hbond substituents is 1. The third-order valence-corrected chi connectivity index (χ3v) is 2.58. The first-order valence-corrected chi connectivity index (χ1v) is 5.52. The second-order valence-electron chi connectivity index (χ2n) is 3.80. The Balaban J connectivity index is 0.00000133. The van der Waals surface area contributed by atoms with Crippen LogP contribution in [0.1, 0.15) is 0 Å². The van der Waals surface area contributed by atoms with Crippen LogP contribution in [0.15, 0.2) is 59.0 Å². The number of aromatic hydroxyl groups is 1. The normalized spacial score (nSPS) is 9.89. The van der Waals surface area contributed by atoms with E-state index < -0.39 is 0 Å². The van der Waals surface area contributed by atoms with Crippen molar-refractivity contribution in [3.05, 3.63) is 54.6 Å². The maximum Gasteiger partial charge on any atom is 0.251 e. The van der Waals surface area contributed by atoms with Gasteiger partial charge < -0.3 is 9.52 Å². The third-order valence-electron chi connectivity index (χ3n) is 2.58. The van der Waals surface area contributed by atoms with Crippen LogP contribution in [0.4, 0.5) is 0 Å². The van der Waals surface area contributed by atoms with Crippen molar-refractivity contribution < 1.29 is 29.0 Å². The summed E-state index contributed by atoms with van der Waals surface area (Å²) in [6.07, 6.45) is 0. The average molecular weight is 304 g/mol. The Morgan fingerprint density at radius 2 is 1.42 bits per heavy atom. The molecule has 0 radical (unpaired) electrons. The largest absolute Gasteiger partial charge is 0.507 e. The van der Waals surface area contributed by atoms with Gasteiger partial charge in [-0.2, -0.15) is 0 Å². The molecule has 1 aromatic heterocycles. The fourth-order valence-corrected chi connectivity index (χ4v) is 1.68. The van der Waals surface area contributed by atoms with E-state index in [4.69, 9.17) is 4.42 Å². The first-order valence-electron chi connectivity index (χ1n) is 5.52. The van der Waals surface area contributed by atoms with Gasteiger partial charge in [0.2, 0.25) is 5.89 Å². The molecule has 90 valence electrons. The SMILES string of the molecule is Oc1ccccc1-c1nnc(-c2ccccc2)o1.[Zn]. The van der Waals surface area contributed by atoms with Crippen LogP contribution in [0.2, 0.25) is 0 Å². The second kappa shape index (κ2) is 5.76. The minimum absolute atomic E-state index is 0. The van der Waals surface area contributed by atoms with Crippen molar-refractivity contribution in [2.24, 2.45) is 0 Å². The van der Waals surface area contributed by atoms with Gasteiger partial charge in [-0.25, -0.2) is 0 Å². The molecule has 0 spiro atoms. The van der Waals surface area contributed by atoms with Gasteiger partial charge in [0, 0.05) is 25.0 Å². The minimum Gasteiger partial charge on any atom is -0.507 e. The first kappa shape index (κ1) is 13.4. The van der Waals surface area contributed by atoms with Crippen LogP contribution in [-0.4, -0.2) is 15.3 Å². The van der Waals surface area contributed by atoms with Crippen molar-refractivity contribution in [3.8, 4) is 28.7 Å². The molecule has 0 saturated heterocycles. The number of hydrogen-bond acceptors (Lipinski definition) is 4. The Kier molecular flexibility index (Phi) is 4.07. The molecular weight excluding hydrogens is 294 g/mol. The van der Waals surface area contributed by atoms with Crippen LogP contribution in [0.25, 0.3) is 22.9 Å². The van der Waals surface area contributed by atoms with Crippen molar-refractivity contribution in [2.45, 2.75) is 0 Å². The molecule has 0 aliphatic heterocycles. The number of hydrogen-bond donors (Lipinski definition) is 1. The molecule has 0 unspecified atom stereocenters. The van der Waals surface area contributed by atoms with E-state index in [2.05, 4.69) is 10.2 Å². The molecule has 2 aromatic carbocycles. The minimum atomic E-state index is 0. The molecule has 4 nitrogen and oxygen atoms in total. The molecule has 3 aromatic rings. The van der Waals surface area contributed by atoms with E-state index in [-0.39, 0.29) is 25.2 Å². The van der Waals surface area contributed by atoms with Crippen LogP contribution in [0.5, 0.6) is 5.75 Å². The summed E-state index contributed by atoms with van der Waals surface area (Å²) in [6.45, 7) is 0. The van der Waals surface area contributed by atoms with Gasteiger partial charge in [-0.15, -0.1) is 10.2 Å². The van der Waals surface area contributed by atoms with Crippen LogP contribution in [0, 0.1) is 0 Å². The summed E-state index contributed by atoms with van der Waals surface area (Å²) >= 11 is 0. The standard InChI is InChI=1S/C14H10N2O2.Zn/c17-12-9-5-4-8-11(12)14-16-15-13(18-14)10-6-2-1-3-7-10;/h1-9,17H;. The number of para-hydroxylation sites is 1. The van der Waals surface area contributed by atoms with Gasteiger partial charge in [0.15, 0.2) is 0 Å². The van der Waals surface area contributed by atoms with E-state index in [1.165, 1.54) is 0 Å². The summed E-state index contributed by atoms with van der Waals surface area (Å²) in [4.78, 5) is 0. The zero-order chi connectivity index (χ0) is 12.4. The average Bonchev–Trinajstić information content (AvgIpc) is 2.90. The molecule has 0 fully saturated rings. The molecule has 0 atom stereocenters. The first-order chi connectivity index (χ1) is 8.84. The van der Waals surface area contributed by atoms with E-state index >= 15 is 0 Å². The third kappa shape index (κ3) is 2.71. The van der Waals surface area contributed by atoms with Gasteiger partial charge in [-0.1, -0.05) is 30.3 Å². The summed E-state index contributed by atoms with van der Waals surface area (Å²) in [5.41, 5.74) is 1.39. The Morgan fingerprint density at radius 1 is 0.789 bits per heavy atom. The van der Waals surface area contributed by atoms with Crippen LogP contribution < -0.4 is 0 Å². The fourth-order valence-electron chi connectivity index (χ4n) is 1.68. The Labute approximate surface area is 122 Å².